The van der Waals surface area contributed by atoms with Gasteiger partial charge in [0.1, 0.15) is 0 Å². The maximum Gasteiger partial charge on any atom is 0.233 e. The van der Waals surface area contributed by atoms with Crippen molar-refractivity contribution in [3.63, 3.8) is 0 Å². The molecule has 0 saturated carbocycles. The van der Waals surface area contributed by atoms with Crippen LogP contribution in [0.25, 0.3) is 0 Å². The minimum absolute atomic E-state index is 0. The third-order valence-corrected chi connectivity index (χ3v) is 0.482. The molecule has 5 N–H and O–H groups in total. The molecule has 0 aliphatic heterocycles. The normalized spacial score (nSPS) is 5.75. The van der Waals surface area contributed by atoms with E-state index >= 15 is 0 Å². The van der Waals surface area contributed by atoms with Gasteiger partial charge in [-0.2, -0.15) is 0 Å². The largest absolute Gasteiger partial charge is 0.412 e. The van der Waals surface area contributed by atoms with Gasteiger partial charge >= 0.3 is 0 Å². The Hall–Kier alpha value is -0.320. The summed E-state index contributed by atoms with van der Waals surface area (Å²) < 4.78 is 0. The number of hydrogen-bond donors (Lipinski definition) is 2. The lowest BCUT2D eigenvalue weighted by molar-refractivity contribution is -0.120. The minimum Gasteiger partial charge on any atom is -0.412 e. The summed E-state index contributed by atoms with van der Waals surface area (Å²) >= 11 is 0. The Morgan fingerprint density at radius 3 is 2.12 bits per heavy atom. The predicted molar refractivity (Wildman–Crippen MR) is 33.5 cm³/mol. The van der Waals surface area contributed by atoms with E-state index in [-0.39, 0.29) is 23.8 Å². The Morgan fingerprint density at radius 2 is 2.12 bits per heavy atom. The van der Waals surface area contributed by atoms with E-state index in [0.717, 1.165) is 0 Å². The highest BCUT2D eigenvalue weighted by Crippen LogP contribution is 1.66. The van der Waals surface area contributed by atoms with Gasteiger partial charge in [0.2, 0.25) is 5.91 Å². The third-order valence-electron chi connectivity index (χ3n) is 0.482. The summed E-state index contributed by atoms with van der Waals surface area (Å²) in [6.07, 6.45) is 0.455. The minimum atomic E-state index is -0.130. The zero-order valence-corrected chi connectivity index (χ0v) is 5.42. The molecule has 0 heterocycles. The molecule has 8 heavy (non-hydrogen) atoms. The van der Waals surface area contributed by atoms with Crippen LogP contribution in [0.15, 0.2) is 0 Å². The smallest absolute Gasteiger partial charge is 0.233 e. The maximum atomic E-state index is 9.94. The summed E-state index contributed by atoms with van der Waals surface area (Å²) in [7, 11) is 0. The molecule has 0 fully saturated rings. The van der Waals surface area contributed by atoms with Gasteiger partial charge in [0, 0.05) is 6.42 Å². The summed E-state index contributed by atoms with van der Waals surface area (Å²) in [6.45, 7) is 1.74. The Labute approximate surface area is 54.1 Å². The summed E-state index contributed by atoms with van der Waals surface area (Å²) in [5.41, 5.74) is 1.98. The average Bonchev–Trinajstić information content (AvgIpc) is 1.65. The number of amides is 1. The molecule has 0 spiro atoms. The first kappa shape index (κ1) is 15.6. The van der Waals surface area contributed by atoms with Crippen molar-refractivity contribution in [2.75, 3.05) is 0 Å². The van der Waals surface area contributed by atoms with Gasteiger partial charge in [0.15, 0.2) is 0 Å². The monoisotopic (exact) mass is 142 g/mol. The van der Waals surface area contributed by atoms with Crippen LogP contribution in [0.1, 0.15) is 13.3 Å². The van der Waals surface area contributed by atoms with E-state index in [1.54, 1.807) is 6.92 Å². The molecule has 0 atom stereocenters. The van der Waals surface area contributed by atoms with Gasteiger partial charge in [0.25, 0.3) is 0 Å². The zero-order valence-electron chi connectivity index (χ0n) is 4.60. The maximum absolute atomic E-state index is 9.94. The van der Waals surface area contributed by atoms with Crippen molar-refractivity contribution in [1.82, 2.24) is 5.43 Å². The van der Waals surface area contributed by atoms with Crippen LogP contribution < -0.4 is 11.3 Å². The van der Waals surface area contributed by atoms with Crippen LogP contribution in [0.2, 0.25) is 0 Å². The molecule has 1 amide bonds. The van der Waals surface area contributed by atoms with Crippen LogP contribution in [-0.4, -0.2) is 11.4 Å². The van der Waals surface area contributed by atoms with E-state index in [1.807, 2.05) is 5.43 Å². The zero-order chi connectivity index (χ0) is 4.99. The van der Waals surface area contributed by atoms with E-state index in [1.165, 1.54) is 0 Å². The molecule has 5 heteroatoms. The first-order valence-corrected chi connectivity index (χ1v) is 1.80. The van der Waals surface area contributed by atoms with Crippen molar-refractivity contribution < 1.29 is 10.3 Å². The van der Waals surface area contributed by atoms with Crippen molar-refractivity contribution in [3.05, 3.63) is 0 Å². The van der Waals surface area contributed by atoms with Crippen LogP contribution in [-0.2, 0) is 4.79 Å². The second kappa shape index (κ2) is 9.84. The third kappa shape index (κ3) is 9.19. The van der Waals surface area contributed by atoms with Crippen molar-refractivity contribution in [3.8, 4) is 0 Å². The van der Waals surface area contributed by atoms with Gasteiger partial charge < -0.3 is 5.48 Å². The molecule has 0 rings (SSSR count). The molecule has 52 valence electrons. The van der Waals surface area contributed by atoms with Crippen LogP contribution in [0.4, 0.5) is 0 Å². The van der Waals surface area contributed by atoms with Gasteiger partial charge in [-0.3, -0.25) is 10.2 Å². The fraction of sp³-hybridized carbons (Fsp3) is 0.667. The first-order chi connectivity index (χ1) is 2.81. The topological polar surface area (TPSA) is 86.6 Å². The molecule has 0 aliphatic rings. The van der Waals surface area contributed by atoms with Gasteiger partial charge in [-0.25, -0.2) is 5.84 Å². The van der Waals surface area contributed by atoms with Crippen LogP contribution in [0.3, 0.4) is 0 Å². The van der Waals surface area contributed by atoms with E-state index < -0.39 is 0 Å². The fourth-order valence-corrected chi connectivity index (χ4v) is 0.102. The lowest BCUT2D eigenvalue weighted by Gasteiger charge is -1.87. The predicted octanol–water partition coefficient (Wildman–Crippen LogP) is -1.02. The highest BCUT2D eigenvalue weighted by Gasteiger charge is 1.85. The van der Waals surface area contributed by atoms with E-state index in [9.17, 15) is 4.79 Å². The molecule has 0 aliphatic carbocycles. The molecular weight excluding hydrogens is 131 g/mol. The van der Waals surface area contributed by atoms with Crippen molar-refractivity contribution in [2.24, 2.45) is 5.84 Å². The van der Waals surface area contributed by atoms with Gasteiger partial charge in [-0.15, -0.1) is 12.4 Å². The van der Waals surface area contributed by atoms with Gasteiger partial charge in [-0.05, 0) is 0 Å². The lowest BCUT2D eigenvalue weighted by Crippen LogP contribution is -2.28. The van der Waals surface area contributed by atoms with Crippen molar-refractivity contribution >= 4 is 18.3 Å². The molecule has 0 bridgehead atoms. The Kier molecular flexibility index (Phi) is 19.2. The average molecular weight is 143 g/mol. The summed E-state index contributed by atoms with van der Waals surface area (Å²) in [5, 5.41) is 0. The second-order valence-corrected chi connectivity index (χ2v) is 0.921. The first-order valence-electron chi connectivity index (χ1n) is 1.80. The number of rotatable bonds is 1. The van der Waals surface area contributed by atoms with Crippen molar-refractivity contribution in [2.45, 2.75) is 13.3 Å². The summed E-state index contributed by atoms with van der Waals surface area (Å²) in [4.78, 5) is 9.94. The SMILES string of the molecule is CCC(=O)NN.Cl.O. The second-order valence-electron chi connectivity index (χ2n) is 0.921. The van der Waals surface area contributed by atoms with Gasteiger partial charge in [-0.1, -0.05) is 6.92 Å². The Morgan fingerprint density at radius 1 is 1.75 bits per heavy atom. The quantitative estimate of drug-likeness (QED) is 0.279. The number of carbonyl (C=O) groups is 1. The number of hydrazine groups is 1. The van der Waals surface area contributed by atoms with Crippen LogP contribution in [0, 0.1) is 0 Å². The van der Waals surface area contributed by atoms with Crippen LogP contribution >= 0.6 is 12.4 Å². The standard InChI is InChI=1S/C3H8N2O.ClH.H2O/c1-2-3(6)5-4;;/h2,4H2,1H3,(H,5,6);1H;1H2. The van der Waals surface area contributed by atoms with Crippen LogP contribution in [0.5, 0.6) is 0 Å². The molecular formula is C3H11ClN2O2. The Bertz CT molecular complexity index is 53.2. The molecule has 0 aromatic heterocycles. The number of halogens is 1. The van der Waals surface area contributed by atoms with E-state index in [0.29, 0.717) is 6.42 Å². The van der Waals surface area contributed by atoms with Crippen molar-refractivity contribution in [1.29, 1.82) is 0 Å². The number of carbonyl (C=O) groups excluding carboxylic acids is 1. The highest BCUT2D eigenvalue weighted by molar-refractivity contribution is 5.85. The molecule has 0 aromatic rings. The molecule has 0 saturated heterocycles. The van der Waals surface area contributed by atoms with E-state index in [2.05, 4.69) is 5.84 Å². The molecule has 0 aromatic carbocycles. The molecule has 0 unspecified atom stereocenters. The van der Waals surface area contributed by atoms with Gasteiger partial charge in [0.05, 0.1) is 0 Å². The Balaban J connectivity index is -0.000000125. The van der Waals surface area contributed by atoms with E-state index in [4.69, 9.17) is 0 Å². The summed E-state index contributed by atoms with van der Waals surface area (Å²) in [6, 6.07) is 0. The lowest BCUT2D eigenvalue weighted by atomic mass is 10.5. The number of hydrogen-bond acceptors (Lipinski definition) is 2. The fourth-order valence-electron chi connectivity index (χ4n) is 0.102. The summed E-state index contributed by atoms with van der Waals surface area (Å²) in [5.74, 6) is 4.55. The molecule has 0 radical (unpaired) electrons. The highest BCUT2D eigenvalue weighted by atomic mass is 35.5. The number of nitrogens with one attached hydrogen (secondary N) is 1. The molecule has 4 nitrogen and oxygen atoms in total. The number of nitrogens with two attached hydrogens (primary N) is 1.